The summed E-state index contributed by atoms with van der Waals surface area (Å²) in [7, 11) is 0. The van der Waals surface area contributed by atoms with Crippen LogP contribution in [0.3, 0.4) is 0 Å². The van der Waals surface area contributed by atoms with Crippen LogP contribution in [0.4, 0.5) is 0 Å². The molecule has 10 heteroatoms. The minimum atomic E-state index is 0. The molecule has 0 atom stereocenters. The molecule has 4 heterocycles. The fourth-order valence-electron chi connectivity index (χ4n) is 15.6. The Kier molecular flexibility index (Phi) is 12.3. The van der Waals surface area contributed by atoms with Crippen molar-refractivity contribution in [3.05, 3.63) is 301 Å². The fourth-order valence-corrected chi connectivity index (χ4v) is 15.6. The summed E-state index contributed by atoms with van der Waals surface area (Å²) in [6.45, 7) is 0. The van der Waals surface area contributed by atoms with Crippen LogP contribution in [0.15, 0.2) is 243 Å². The van der Waals surface area contributed by atoms with Gasteiger partial charge in [0.2, 0.25) is 0 Å². The van der Waals surface area contributed by atoms with Crippen LogP contribution in [0, 0.1) is 24.8 Å². The third-order valence-electron chi connectivity index (χ3n) is 19.7. The SMILES string of the molecule is [Ir].[c-]1cc2c3c4c(ccc3c1-n1[c-][n+](-c3ccc5ccc6cccc7ccc3c5c67)c3ccccc31)C=CCC4=CC2.[c-]1cc2c3c4c(ccc3c1-n1[c-][n+](-c3ccc5ccc6cccc7ccc3c5c67)c3ccccc31)C=CCC4=CC2.c1ccc(-c2nnn[n-]2)nc1. The van der Waals surface area contributed by atoms with Crippen LogP contribution in [0.25, 0.3) is 166 Å². The molecule has 22 rings (SSSR count). The smallest absolute Gasteiger partial charge is 0.268 e. The van der Waals surface area contributed by atoms with Crippen LogP contribution < -0.4 is 14.2 Å². The average Bonchev–Trinajstić information content (AvgIpc) is 1.40. The van der Waals surface area contributed by atoms with Gasteiger partial charge in [-0.3, -0.25) is 24.4 Å². The Morgan fingerprint density at radius 3 is 1.35 bits per heavy atom. The maximum atomic E-state index is 4.02. The molecule has 0 saturated heterocycles. The van der Waals surface area contributed by atoms with Crippen molar-refractivity contribution in [3.63, 3.8) is 0 Å². The van der Waals surface area contributed by atoms with Gasteiger partial charge in [-0.1, -0.05) is 213 Å². The van der Waals surface area contributed by atoms with Crippen molar-refractivity contribution in [1.29, 1.82) is 0 Å². The molecule has 0 fully saturated rings. The van der Waals surface area contributed by atoms with E-state index < -0.39 is 0 Å². The second-order valence-electron chi connectivity index (χ2n) is 24.6. The summed E-state index contributed by atoms with van der Waals surface area (Å²) >= 11 is 0. The summed E-state index contributed by atoms with van der Waals surface area (Å²) in [5.74, 6) is 0.464. The van der Waals surface area contributed by atoms with Gasteiger partial charge in [-0.15, -0.1) is 44.8 Å². The summed E-state index contributed by atoms with van der Waals surface area (Å²) in [5, 5.41) is 34.7. The number of fused-ring (bicyclic) bond motifs is 2. The summed E-state index contributed by atoms with van der Waals surface area (Å²) in [5.41, 5.74) is 20.6. The molecule has 0 spiro atoms. The third-order valence-corrected chi connectivity index (χ3v) is 19.7. The molecular weight excluding hydrogens is 1330 g/mol. The van der Waals surface area contributed by atoms with E-state index >= 15 is 0 Å². The van der Waals surface area contributed by atoms with E-state index in [4.69, 9.17) is 0 Å². The number of allylic oxidation sites excluding steroid dienone is 6. The van der Waals surface area contributed by atoms with Crippen LogP contribution in [-0.4, -0.2) is 29.6 Å². The van der Waals surface area contributed by atoms with Crippen LogP contribution in [0.5, 0.6) is 0 Å². The monoisotopic (exact) mass is 1380 g/mol. The second kappa shape index (κ2) is 21.3. The molecule has 4 aromatic heterocycles. The molecule has 0 saturated carbocycles. The van der Waals surface area contributed by atoms with Crippen molar-refractivity contribution in [1.82, 2.24) is 34.7 Å². The number of hydrogen-bond donors (Lipinski definition) is 0. The standard InChI is InChI=1S/2C39H23N2.C6H4N5.Ir/c2*1-2-10-35-34(9-1)40(32-21-17-28-13-11-24-5-3-7-26-15-19-30(32)38(28)36(24)26)23-41(35)33-22-18-29-14-12-25-6-4-8-27-16-20-31(33)39(29)37(25)27;1-2-4-7-5(3-1)6-8-10-11-9-6;/h2*1-5,7-13,15-21H,6,14H2;1-4H;/q3*-1;. The van der Waals surface area contributed by atoms with Gasteiger partial charge in [0.05, 0.1) is 45.0 Å². The normalized spacial score (nSPS) is 13.5. The van der Waals surface area contributed by atoms with Gasteiger partial charge >= 0.3 is 0 Å². The van der Waals surface area contributed by atoms with E-state index in [1.807, 2.05) is 12.1 Å². The molecule has 0 bridgehead atoms. The first-order valence-electron chi connectivity index (χ1n) is 31.7. The van der Waals surface area contributed by atoms with Crippen molar-refractivity contribution in [2.75, 3.05) is 0 Å². The molecule has 4 aliphatic rings. The zero-order valence-electron chi connectivity index (χ0n) is 50.4. The molecule has 0 amide bonds. The summed E-state index contributed by atoms with van der Waals surface area (Å²) in [4.78, 5) is 4.02. The van der Waals surface area contributed by atoms with E-state index in [9.17, 15) is 0 Å². The first-order valence-corrected chi connectivity index (χ1v) is 31.7. The molecule has 14 aromatic carbocycles. The Balaban J connectivity index is 0.000000114. The van der Waals surface area contributed by atoms with Crippen molar-refractivity contribution in [2.24, 2.45) is 0 Å². The molecule has 94 heavy (non-hydrogen) atoms. The molecule has 0 N–H and O–H groups in total. The molecule has 18 aromatic rings. The van der Waals surface area contributed by atoms with Crippen molar-refractivity contribution < 1.29 is 29.2 Å². The molecule has 0 unspecified atom stereocenters. The van der Waals surface area contributed by atoms with Crippen LogP contribution in [-0.2, 0) is 32.9 Å². The van der Waals surface area contributed by atoms with E-state index in [1.165, 1.54) is 131 Å². The zero-order chi connectivity index (χ0) is 60.8. The third kappa shape index (κ3) is 8.16. The Morgan fingerprint density at radius 2 is 0.872 bits per heavy atom. The minimum Gasteiger partial charge on any atom is -0.329 e. The number of tetrazole rings is 1. The largest absolute Gasteiger partial charge is 0.329 e. The van der Waals surface area contributed by atoms with Gasteiger partial charge in [0.25, 0.3) is 12.7 Å². The van der Waals surface area contributed by atoms with Crippen molar-refractivity contribution in [2.45, 2.75) is 25.7 Å². The molecule has 9 nitrogen and oxygen atoms in total. The number of hydrogen-bond acceptors (Lipinski definition) is 4. The number of para-hydroxylation sites is 4. The van der Waals surface area contributed by atoms with Crippen LogP contribution >= 0.6 is 0 Å². The Labute approximate surface area is 552 Å². The van der Waals surface area contributed by atoms with E-state index in [2.05, 4.69) is 299 Å². The number of rotatable bonds is 5. The minimum absolute atomic E-state index is 0. The van der Waals surface area contributed by atoms with Crippen molar-refractivity contribution in [3.8, 4) is 34.3 Å². The quantitative estimate of drug-likeness (QED) is 0.0974. The van der Waals surface area contributed by atoms with Gasteiger partial charge in [0, 0.05) is 26.3 Å². The molecular formula is C84H50IrN9-3. The zero-order valence-corrected chi connectivity index (χ0v) is 52.8. The van der Waals surface area contributed by atoms with E-state index in [0.29, 0.717) is 11.5 Å². The molecule has 1 radical (unpaired) electrons. The molecule has 0 aliphatic heterocycles. The second-order valence-corrected chi connectivity index (χ2v) is 24.6. The van der Waals surface area contributed by atoms with Gasteiger partial charge in [0.1, 0.15) is 0 Å². The van der Waals surface area contributed by atoms with Gasteiger partial charge in [-0.05, 0) is 147 Å². The van der Waals surface area contributed by atoms with E-state index in [0.717, 1.165) is 70.5 Å². The van der Waals surface area contributed by atoms with E-state index in [1.54, 1.807) is 12.3 Å². The van der Waals surface area contributed by atoms with Crippen molar-refractivity contribution >= 4 is 132 Å². The van der Waals surface area contributed by atoms with Gasteiger partial charge in [0.15, 0.2) is 0 Å². The average molecular weight is 1380 g/mol. The Hall–Kier alpha value is -11.6. The van der Waals surface area contributed by atoms with Gasteiger partial charge < -0.3 is 14.2 Å². The van der Waals surface area contributed by atoms with Crippen LogP contribution in [0.2, 0.25) is 0 Å². The maximum Gasteiger partial charge on any atom is 0.268 e. The topological polar surface area (TPSA) is 83.3 Å². The summed E-state index contributed by atoms with van der Waals surface area (Å²) in [6, 6.07) is 83.9. The van der Waals surface area contributed by atoms with E-state index in [-0.39, 0.29) is 20.1 Å². The summed E-state index contributed by atoms with van der Waals surface area (Å²) < 4.78 is 8.92. The number of benzene rings is 14. The fraction of sp³-hybridized carbons (Fsp3) is 0.0476. The Morgan fingerprint density at radius 1 is 0.415 bits per heavy atom. The number of nitrogens with zero attached hydrogens (tertiary/aromatic N) is 9. The van der Waals surface area contributed by atoms with Crippen LogP contribution in [0.1, 0.15) is 46.2 Å². The number of imidazole rings is 2. The number of aromatic nitrogens is 9. The van der Waals surface area contributed by atoms with Gasteiger partial charge in [-0.2, -0.15) is 29.5 Å². The molecule has 443 valence electrons. The maximum absolute atomic E-state index is 4.02. The predicted molar refractivity (Wildman–Crippen MR) is 374 cm³/mol. The summed E-state index contributed by atoms with van der Waals surface area (Å²) in [6.07, 6.45) is 27.1. The molecule has 4 aliphatic carbocycles. The predicted octanol–water partition coefficient (Wildman–Crippen LogP) is 17.7. The first-order chi connectivity index (χ1) is 46.1. The van der Waals surface area contributed by atoms with Gasteiger partial charge in [-0.25, -0.2) is 0 Å². The first kappa shape index (κ1) is 54.2. The Bertz CT molecular complexity index is 5920. The number of pyridine rings is 1.